The average molecular weight is 240 g/mol. The summed E-state index contributed by atoms with van der Waals surface area (Å²) in [4.78, 5) is 35.3. The Kier molecular flexibility index (Phi) is 3.86. The number of hydrogen-bond acceptors (Lipinski definition) is 4. The van der Waals surface area contributed by atoms with Gasteiger partial charge in [-0.3, -0.25) is 14.6 Å². The smallest absolute Gasteiger partial charge is 0.326 e. The van der Waals surface area contributed by atoms with Crippen LogP contribution in [-0.2, 0) is 4.79 Å². The molecule has 1 atom stereocenters. The Labute approximate surface area is 96.1 Å². The third-order valence-corrected chi connectivity index (χ3v) is 2.10. The molecule has 0 fully saturated rings. The molecule has 0 radical (unpaired) electrons. The molecule has 92 valence electrons. The first-order valence-electron chi connectivity index (χ1n) is 4.91. The first kappa shape index (κ1) is 12.8. The van der Waals surface area contributed by atoms with Crippen molar-refractivity contribution >= 4 is 11.9 Å². The van der Waals surface area contributed by atoms with E-state index in [1.807, 2.05) is 0 Å². The van der Waals surface area contributed by atoms with Gasteiger partial charge >= 0.3 is 5.97 Å². The number of H-pyrrole nitrogens is 1. The summed E-state index contributed by atoms with van der Waals surface area (Å²) in [6.07, 6.45) is 0.218. The zero-order valence-electron chi connectivity index (χ0n) is 9.06. The number of aromatic nitrogens is 1. The van der Waals surface area contributed by atoms with Crippen LogP contribution >= 0.6 is 0 Å². The van der Waals surface area contributed by atoms with Gasteiger partial charge in [0.15, 0.2) is 5.88 Å². The second-order valence-electron chi connectivity index (χ2n) is 3.39. The second-order valence-corrected chi connectivity index (χ2v) is 3.39. The molecule has 0 unspecified atom stereocenters. The molecule has 1 aromatic heterocycles. The van der Waals surface area contributed by atoms with E-state index in [1.54, 1.807) is 6.92 Å². The Balaban J connectivity index is 2.89. The maximum atomic E-state index is 11.6. The van der Waals surface area contributed by atoms with Crippen molar-refractivity contribution in [1.82, 2.24) is 10.3 Å². The normalized spacial score (nSPS) is 11.8. The molecule has 0 aliphatic rings. The molecule has 0 aliphatic carbocycles. The number of carbonyl (C=O) groups excluding carboxylic acids is 1. The van der Waals surface area contributed by atoms with Crippen molar-refractivity contribution in [3.05, 3.63) is 28.0 Å². The summed E-state index contributed by atoms with van der Waals surface area (Å²) in [6.45, 7) is 1.61. The highest BCUT2D eigenvalue weighted by molar-refractivity contribution is 5.96. The highest BCUT2D eigenvalue weighted by Gasteiger charge is 2.18. The Hall–Kier alpha value is -2.31. The lowest BCUT2D eigenvalue weighted by atomic mass is 10.2. The van der Waals surface area contributed by atoms with Crippen molar-refractivity contribution in [3.63, 3.8) is 0 Å². The van der Waals surface area contributed by atoms with Crippen LogP contribution in [0.2, 0.25) is 0 Å². The molecule has 1 rings (SSSR count). The zero-order chi connectivity index (χ0) is 13.0. The van der Waals surface area contributed by atoms with Crippen molar-refractivity contribution in [2.24, 2.45) is 0 Å². The molecule has 17 heavy (non-hydrogen) atoms. The van der Waals surface area contributed by atoms with Crippen molar-refractivity contribution in [1.29, 1.82) is 0 Å². The van der Waals surface area contributed by atoms with Crippen LogP contribution in [0.5, 0.6) is 5.88 Å². The van der Waals surface area contributed by atoms with E-state index in [2.05, 4.69) is 10.3 Å². The van der Waals surface area contributed by atoms with Crippen molar-refractivity contribution in [2.45, 2.75) is 19.4 Å². The molecule has 1 aromatic rings. The highest BCUT2D eigenvalue weighted by Crippen LogP contribution is 2.04. The van der Waals surface area contributed by atoms with Crippen LogP contribution in [0.25, 0.3) is 0 Å². The van der Waals surface area contributed by atoms with Gasteiger partial charge in [0.05, 0.1) is 5.56 Å². The first-order valence-corrected chi connectivity index (χ1v) is 4.91. The van der Waals surface area contributed by atoms with Crippen LogP contribution in [0.1, 0.15) is 23.7 Å². The summed E-state index contributed by atoms with van der Waals surface area (Å²) in [5.74, 6) is -2.33. The first-order chi connectivity index (χ1) is 7.93. The number of aromatic amines is 1. The van der Waals surface area contributed by atoms with Crippen LogP contribution in [0.15, 0.2) is 16.9 Å². The predicted molar refractivity (Wildman–Crippen MR) is 57.9 cm³/mol. The van der Waals surface area contributed by atoms with E-state index in [0.29, 0.717) is 0 Å². The summed E-state index contributed by atoms with van der Waals surface area (Å²) in [5, 5.41) is 20.1. The Morgan fingerprint density at radius 3 is 2.59 bits per heavy atom. The zero-order valence-corrected chi connectivity index (χ0v) is 9.06. The van der Waals surface area contributed by atoms with E-state index in [9.17, 15) is 14.4 Å². The largest absolute Gasteiger partial charge is 0.494 e. The Bertz CT molecular complexity index is 494. The second kappa shape index (κ2) is 5.15. The molecule has 4 N–H and O–H groups in total. The number of nitrogens with one attached hydrogen (secondary N) is 2. The monoisotopic (exact) mass is 240 g/mol. The highest BCUT2D eigenvalue weighted by atomic mass is 16.4. The topological polar surface area (TPSA) is 119 Å². The minimum Gasteiger partial charge on any atom is -0.494 e. The van der Waals surface area contributed by atoms with Crippen LogP contribution in [0.4, 0.5) is 0 Å². The lowest BCUT2D eigenvalue weighted by molar-refractivity contribution is -0.139. The summed E-state index contributed by atoms with van der Waals surface area (Å²) in [6, 6.07) is 0.999. The third-order valence-electron chi connectivity index (χ3n) is 2.10. The average Bonchev–Trinajstić information content (AvgIpc) is 2.23. The molecule has 1 amide bonds. The number of rotatable bonds is 4. The van der Waals surface area contributed by atoms with E-state index in [4.69, 9.17) is 10.2 Å². The van der Waals surface area contributed by atoms with E-state index in [-0.39, 0.29) is 12.0 Å². The summed E-state index contributed by atoms with van der Waals surface area (Å²) in [5.41, 5.74) is -0.732. The van der Waals surface area contributed by atoms with Gasteiger partial charge in [-0.2, -0.15) is 0 Å². The van der Waals surface area contributed by atoms with E-state index in [1.165, 1.54) is 0 Å². The molecule has 0 spiro atoms. The van der Waals surface area contributed by atoms with Gasteiger partial charge < -0.3 is 15.5 Å². The van der Waals surface area contributed by atoms with Crippen LogP contribution in [-0.4, -0.2) is 33.1 Å². The number of carbonyl (C=O) groups is 2. The minimum atomic E-state index is -1.16. The summed E-state index contributed by atoms with van der Waals surface area (Å²) < 4.78 is 0. The molecular formula is C10H12N2O5. The fraction of sp³-hybridized carbons (Fsp3) is 0.300. The lowest BCUT2D eigenvalue weighted by Crippen LogP contribution is -2.40. The van der Waals surface area contributed by atoms with Gasteiger partial charge in [-0.05, 0) is 6.42 Å². The third kappa shape index (κ3) is 3.33. The van der Waals surface area contributed by atoms with Crippen molar-refractivity contribution in [2.75, 3.05) is 0 Å². The summed E-state index contributed by atoms with van der Waals surface area (Å²) in [7, 11) is 0. The summed E-state index contributed by atoms with van der Waals surface area (Å²) >= 11 is 0. The van der Waals surface area contributed by atoms with E-state index >= 15 is 0 Å². The van der Waals surface area contributed by atoms with Gasteiger partial charge in [0.1, 0.15) is 6.04 Å². The number of aliphatic carboxylic acids is 1. The predicted octanol–water partition coefficient (Wildman–Crippen LogP) is -0.327. The van der Waals surface area contributed by atoms with Crippen LogP contribution < -0.4 is 10.9 Å². The number of pyridine rings is 1. The standard InChI is InChI=1S/C10H12N2O5/c1-2-6(10(16)17)11-9(15)5-3-7(13)12-8(14)4-5/h3-4,6H,2H2,1H3,(H,11,15)(H,16,17)(H2,12,13,14)/t6-/m0/s1. The number of amides is 1. The molecule has 0 bridgehead atoms. The number of carboxylic acids is 1. The van der Waals surface area contributed by atoms with E-state index in [0.717, 1.165) is 12.1 Å². The Morgan fingerprint density at radius 2 is 2.12 bits per heavy atom. The van der Waals surface area contributed by atoms with Crippen molar-refractivity contribution in [3.8, 4) is 5.88 Å². The van der Waals surface area contributed by atoms with Crippen LogP contribution in [0, 0.1) is 0 Å². The van der Waals surface area contributed by atoms with Crippen LogP contribution in [0.3, 0.4) is 0 Å². The van der Waals surface area contributed by atoms with Gasteiger partial charge in [0.2, 0.25) is 0 Å². The minimum absolute atomic E-state index is 0.0917. The van der Waals surface area contributed by atoms with E-state index < -0.39 is 29.4 Å². The van der Waals surface area contributed by atoms with Gasteiger partial charge in [0, 0.05) is 12.1 Å². The Morgan fingerprint density at radius 1 is 1.47 bits per heavy atom. The maximum absolute atomic E-state index is 11.6. The fourth-order valence-electron chi connectivity index (χ4n) is 1.24. The molecule has 0 saturated carbocycles. The maximum Gasteiger partial charge on any atom is 0.326 e. The molecule has 0 aromatic carbocycles. The van der Waals surface area contributed by atoms with Gasteiger partial charge in [-0.15, -0.1) is 0 Å². The molecular weight excluding hydrogens is 228 g/mol. The SMILES string of the molecule is CC[C@H](NC(=O)c1cc(O)[nH]c(=O)c1)C(=O)O. The number of aromatic hydroxyl groups is 1. The van der Waals surface area contributed by atoms with Crippen molar-refractivity contribution < 1.29 is 19.8 Å². The van der Waals surface area contributed by atoms with Gasteiger partial charge in [0.25, 0.3) is 11.5 Å². The van der Waals surface area contributed by atoms with Gasteiger partial charge in [-0.1, -0.05) is 6.92 Å². The quantitative estimate of drug-likeness (QED) is 0.574. The molecule has 7 heteroatoms. The van der Waals surface area contributed by atoms with Gasteiger partial charge in [-0.25, -0.2) is 4.79 Å². The number of carboxylic acid groups (broad SMARTS) is 1. The number of hydrogen-bond donors (Lipinski definition) is 4. The lowest BCUT2D eigenvalue weighted by Gasteiger charge is -2.11. The molecule has 0 aliphatic heterocycles. The molecule has 1 heterocycles. The molecule has 0 saturated heterocycles. The molecule has 7 nitrogen and oxygen atoms in total. The fourth-order valence-corrected chi connectivity index (χ4v) is 1.24.